The van der Waals surface area contributed by atoms with Gasteiger partial charge in [-0.2, -0.15) is 13.2 Å². The minimum atomic E-state index is -4.43. The van der Waals surface area contributed by atoms with Crippen molar-refractivity contribution in [2.75, 3.05) is 19.1 Å². The van der Waals surface area contributed by atoms with E-state index in [2.05, 4.69) is 20.7 Å². The summed E-state index contributed by atoms with van der Waals surface area (Å²) < 4.78 is 45.4. The molecule has 4 nitrogen and oxygen atoms in total. The van der Waals surface area contributed by atoms with Crippen LogP contribution in [0.5, 0.6) is 5.75 Å². The maximum atomic E-state index is 11.9. The van der Waals surface area contributed by atoms with E-state index in [0.29, 0.717) is 4.47 Å². The van der Waals surface area contributed by atoms with Crippen LogP contribution in [0, 0.1) is 0 Å². The predicted molar refractivity (Wildman–Crippen MR) is 66.1 cm³/mol. The van der Waals surface area contributed by atoms with Crippen molar-refractivity contribution < 1.29 is 27.4 Å². The number of hydrogen-bond acceptors (Lipinski definition) is 4. The first-order chi connectivity index (χ1) is 8.70. The van der Waals surface area contributed by atoms with Crippen LogP contribution >= 0.6 is 15.9 Å². The highest BCUT2D eigenvalue weighted by atomic mass is 79.9. The summed E-state index contributed by atoms with van der Waals surface area (Å²) >= 11 is 3.16. The van der Waals surface area contributed by atoms with E-state index in [0.717, 1.165) is 0 Å². The highest BCUT2D eigenvalue weighted by molar-refractivity contribution is 9.10. The Bertz CT molecular complexity index is 477. The summed E-state index contributed by atoms with van der Waals surface area (Å²) in [5, 5.41) is 0. The lowest BCUT2D eigenvalue weighted by molar-refractivity contribution is -0.186. The fourth-order valence-corrected chi connectivity index (χ4v) is 1.77. The van der Waals surface area contributed by atoms with Crippen molar-refractivity contribution in [3.05, 3.63) is 22.2 Å². The largest absolute Gasteiger partial charge is 0.465 e. The molecule has 0 fully saturated rings. The second kappa shape index (κ2) is 6.25. The van der Waals surface area contributed by atoms with Gasteiger partial charge >= 0.3 is 6.18 Å². The van der Waals surface area contributed by atoms with Gasteiger partial charge in [0, 0.05) is 4.47 Å². The fraction of sp³-hybridized carbons (Fsp3) is 0.364. The Morgan fingerprint density at radius 3 is 2.58 bits per heavy atom. The number of nitrogens with two attached hydrogens (primary N) is 1. The first kappa shape index (κ1) is 15.8. The van der Waals surface area contributed by atoms with Crippen LogP contribution in [0.25, 0.3) is 0 Å². The van der Waals surface area contributed by atoms with Gasteiger partial charge in [-0.25, -0.2) is 0 Å². The van der Waals surface area contributed by atoms with Crippen LogP contribution in [0.1, 0.15) is 17.3 Å². The van der Waals surface area contributed by atoms with Crippen LogP contribution in [-0.4, -0.2) is 25.4 Å². The molecule has 1 aromatic rings. The van der Waals surface area contributed by atoms with Crippen molar-refractivity contribution in [3.8, 4) is 5.75 Å². The van der Waals surface area contributed by atoms with E-state index >= 15 is 0 Å². The van der Waals surface area contributed by atoms with Gasteiger partial charge in [0.15, 0.2) is 18.3 Å². The molecule has 0 aliphatic rings. The second-order valence-electron chi connectivity index (χ2n) is 3.65. The molecule has 0 bridgehead atoms. The molecule has 106 valence electrons. The summed E-state index contributed by atoms with van der Waals surface area (Å²) in [4.78, 5) is 11.4. The van der Waals surface area contributed by atoms with Gasteiger partial charge in [0.1, 0.15) is 6.61 Å². The van der Waals surface area contributed by atoms with Crippen LogP contribution in [-0.2, 0) is 4.74 Å². The number of ketones is 1. The SMILES string of the molecule is CC(=O)c1cc(Br)cc(N)c1OCOCC(F)(F)F. The molecule has 8 heteroatoms. The lowest BCUT2D eigenvalue weighted by Crippen LogP contribution is -2.19. The quantitative estimate of drug-likeness (QED) is 0.387. The third-order valence-electron chi connectivity index (χ3n) is 2.01. The summed E-state index contributed by atoms with van der Waals surface area (Å²) in [7, 11) is 0. The van der Waals surface area contributed by atoms with Crippen LogP contribution < -0.4 is 10.5 Å². The molecule has 0 aliphatic carbocycles. The number of Topliss-reactive ketones (excluding diaryl/α,β-unsaturated/α-hetero) is 1. The molecule has 1 rings (SSSR count). The number of hydrogen-bond donors (Lipinski definition) is 1. The zero-order valence-electron chi connectivity index (χ0n) is 9.88. The molecule has 2 N–H and O–H groups in total. The number of carbonyl (C=O) groups is 1. The summed E-state index contributed by atoms with van der Waals surface area (Å²) in [5.41, 5.74) is 5.95. The maximum Gasteiger partial charge on any atom is 0.411 e. The Morgan fingerprint density at radius 1 is 1.42 bits per heavy atom. The van der Waals surface area contributed by atoms with Gasteiger partial charge in [-0.15, -0.1) is 0 Å². The Labute approximate surface area is 115 Å². The van der Waals surface area contributed by atoms with Gasteiger partial charge in [-0.05, 0) is 19.1 Å². The van der Waals surface area contributed by atoms with Crippen LogP contribution in [0.15, 0.2) is 16.6 Å². The standard InChI is InChI=1S/C11H11BrF3NO3/c1-6(17)8-2-7(12)3-9(16)10(8)19-5-18-4-11(13,14)15/h2-3H,4-5,16H2,1H3. The average molecular weight is 342 g/mol. The number of alkyl halides is 3. The first-order valence-electron chi connectivity index (χ1n) is 5.08. The molecule has 0 amide bonds. The van der Waals surface area contributed by atoms with Crippen molar-refractivity contribution in [1.82, 2.24) is 0 Å². The van der Waals surface area contributed by atoms with Crippen molar-refractivity contribution in [3.63, 3.8) is 0 Å². The second-order valence-corrected chi connectivity index (χ2v) is 4.57. The molecule has 0 aliphatic heterocycles. The zero-order chi connectivity index (χ0) is 14.6. The number of benzene rings is 1. The van der Waals surface area contributed by atoms with Crippen LogP contribution in [0.4, 0.5) is 18.9 Å². The van der Waals surface area contributed by atoms with Gasteiger partial charge in [0.25, 0.3) is 0 Å². The third-order valence-corrected chi connectivity index (χ3v) is 2.47. The van der Waals surface area contributed by atoms with Gasteiger partial charge in [-0.1, -0.05) is 15.9 Å². The Morgan fingerprint density at radius 2 is 2.05 bits per heavy atom. The Hall–Kier alpha value is -1.28. The van der Waals surface area contributed by atoms with Crippen LogP contribution in [0.2, 0.25) is 0 Å². The molecular formula is C11H11BrF3NO3. The molecule has 0 spiro atoms. The molecule has 0 saturated carbocycles. The Kier molecular flexibility index (Phi) is 5.19. The molecule has 0 unspecified atom stereocenters. The highest BCUT2D eigenvalue weighted by Crippen LogP contribution is 2.31. The van der Waals surface area contributed by atoms with Gasteiger partial charge in [-0.3, -0.25) is 4.79 Å². The molecule has 0 atom stereocenters. The van der Waals surface area contributed by atoms with E-state index in [1.165, 1.54) is 19.1 Å². The number of carbonyl (C=O) groups excluding carboxylic acids is 1. The molecule has 0 saturated heterocycles. The molecule has 0 aromatic heterocycles. The number of ether oxygens (including phenoxy) is 2. The maximum absolute atomic E-state index is 11.9. The highest BCUT2D eigenvalue weighted by Gasteiger charge is 2.27. The molecular weight excluding hydrogens is 331 g/mol. The fourth-order valence-electron chi connectivity index (χ4n) is 1.30. The van der Waals surface area contributed by atoms with Crippen molar-refractivity contribution >= 4 is 27.4 Å². The number of halogens is 4. The number of nitrogen functional groups attached to an aromatic ring is 1. The first-order valence-corrected chi connectivity index (χ1v) is 5.87. The third kappa shape index (κ3) is 5.07. The monoisotopic (exact) mass is 341 g/mol. The summed E-state index contributed by atoms with van der Waals surface area (Å²) in [5.74, 6) is -0.309. The van der Waals surface area contributed by atoms with Gasteiger partial charge in [0.05, 0.1) is 11.3 Å². The lowest BCUT2D eigenvalue weighted by atomic mass is 10.1. The average Bonchev–Trinajstić information content (AvgIpc) is 2.24. The van der Waals surface area contributed by atoms with E-state index in [1.807, 2.05) is 0 Å². The summed E-state index contributed by atoms with van der Waals surface area (Å²) in [6, 6.07) is 2.95. The molecule has 0 heterocycles. The Balaban J connectivity index is 2.75. The van der Waals surface area contributed by atoms with Gasteiger partial charge in [0.2, 0.25) is 0 Å². The predicted octanol–water partition coefficient (Wildman–Crippen LogP) is 3.15. The minimum absolute atomic E-state index is 0.0119. The van der Waals surface area contributed by atoms with Crippen LogP contribution in [0.3, 0.4) is 0 Å². The zero-order valence-corrected chi connectivity index (χ0v) is 11.5. The lowest BCUT2D eigenvalue weighted by Gasteiger charge is -2.14. The molecule has 19 heavy (non-hydrogen) atoms. The van der Waals surface area contributed by atoms with E-state index in [1.54, 1.807) is 0 Å². The smallest absolute Gasteiger partial charge is 0.411 e. The molecule has 0 radical (unpaired) electrons. The number of anilines is 1. The van der Waals surface area contributed by atoms with E-state index in [9.17, 15) is 18.0 Å². The van der Waals surface area contributed by atoms with Crippen molar-refractivity contribution in [2.45, 2.75) is 13.1 Å². The summed E-state index contributed by atoms with van der Waals surface area (Å²) in [6.07, 6.45) is -4.43. The molecule has 1 aromatic carbocycles. The normalized spacial score (nSPS) is 11.4. The van der Waals surface area contributed by atoms with E-state index < -0.39 is 19.6 Å². The topological polar surface area (TPSA) is 61.6 Å². The van der Waals surface area contributed by atoms with Crippen molar-refractivity contribution in [1.29, 1.82) is 0 Å². The minimum Gasteiger partial charge on any atom is -0.465 e. The van der Waals surface area contributed by atoms with E-state index in [4.69, 9.17) is 10.5 Å². The summed E-state index contributed by atoms with van der Waals surface area (Å²) in [6.45, 7) is -0.783. The van der Waals surface area contributed by atoms with Gasteiger partial charge < -0.3 is 15.2 Å². The number of rotatable bonds is 5. The van der Waals surface area contributed by atoms with Crippen molar-refractivity contribution in [2.24, 2.45) is 0 Å². The van der Waals surface area contributed by atoms with E-state index in [-0.39, 0.29) is 22.8 Å².